The number of hydrogen-bond donors (Lipinski definition) is 24. The molecule has 1 aromatic carbocycles. The van der Waals surface area contributed by atoms with Crippen molar-refractivity contribution in [2.45, 2.75) is 169 Å². The fourth-order valence-corrected chi connectivity index (χ4v) is 16.2. The lowest BCUT2D eigenvalue weighted by Gasteiger charge is -2.30. The van der Waals surface area contributed by atoms with Crippen molar-refractivity contribution < 1.29 is 128 Å². The zero-order valence-corrected chi connectivity index (χ0v) is 68.2. The first-order valence-corrected chi connectivity index (χ1v) is 42.5. The summed E-state index contributed by atoms with van der Waals surface area (Å²) in [4.78, 5) is 298. The predicted molar refractivity (Wildman–Crippen MR) is 420 cm³/mol. The first-order chi connectivity index (χ1) is 56.4. The average molecular weight is 1790 g/mol. The molecular weight excluding hydrogens is 1700 g/mol. The molecule has 4 heterocycles. The highest BCUT2D eigenvalue weighted by atomic mass is 33.1. The Morgan fingerprint density at radius 3 is 1.53 bits per heavy atom. The third kappa shape index (κ3) is 33.3. The van der Waals surface area contributed by atoms with Crippen LogP contribution in [0.15, 0.2) is 36.8 Å². The average Bonchev–Trinajstić information content (AvgIpc) is 1.65. The summed E-state index contributed by atoms with van der Waals surface area (Å²) in [7, 11) is -2.38. The number of fused-ring (bicyclic) bond motifs is 9. The third-order valence-electron chi connectivity index (χ3n) is 17.4. The Hall–Kier alpha value is -11.7. The van der Waals surface area contributed by atoms with Crippen molar-refractivity contribution in [3.8, 4) is 5.75 Å². The number of aliphatic hydroxyl groups excluding tert-OH is 1. The summed E-state index contributed by atoms with van der Waals surface area (Å²) >= 11 is 0. The summed E-state index contributed by atoms with van der Waals surface area (Å²) in [6.07, 6.45) is -3.50. The second-order valence-corrected chi connectivity index (χ2v) is 33.0. The monoisotopic (exact) mass is 1790 g/mol. The largest absolute Gasteiger partial charge is 0.481 e. The van der Waals surface area contributed by atoms with Crippen molar-refractivity contribution in [1.82, 2.24) is 94.6 Å². The number of hydrogen-bond acceptors (Lipinski definition) is 31. The number of aliphatic hydroxyl groups is 1. The van der Waals surface area contributed by atoms with E-state index in [-0.39, 0.29) is 37.1 Å². The van der Waals surface area contributed by atoms with Crippen LogP contribution >= 0.6 is 43.2 Å². The van der Waals surface area contributed by atoms with E-state index >= 15 is 0 Å². The van der Waals surface area contributed by atoms with Gasteiger partial charge in [-0.25, -0.2) is 4.98 Å². The molecule has 0 spiro atoms. The minimum atomic E-state index is -5.12. The van der Waals surface area contributed by atoms with Crippen LogP contribution in [0.4, 0.5) is 0 Å². The van der Waals surface area contributed by atoms with Gasteiger partial charge in [-0.2, -0.15) is 8.42 Å². The van der Waals surface area contributed by atoms with E-state index in [0.717, 1.165) is 64.6 Å². The van der Waals surface area contributed by atoms with Gasteiger partial charge in [-0.05, 0) is 57.7 Å². The molecule has 3 saturated heterocycles. The first kappa shape index (κ1) is 98.9. The molecule has 5 rings (SSSR count). The lowest BCUT2D eigenvalue weighted by Crippen LogP contribution is -2.61. The number of rotatable bonds is 21. The number of aromatic amines is 1. The van der Waals surface area contributed by atoms with Gasteiger partial charge in [0.05, 0.1) is 45.3 Å². The lowest BCUT2D eigenvalue weighted by atomic mass is 10.0. The molecule has 0 saturated carbocycles. The van der Waals surface area contributed by atoms with Crippen LogP contribution in [0, 0.1) is 0 Å². The number of carbonyl (C=O) groups excluding carboxylic acids is 20. The molecule has 0 aliphatic carbocycles. The zero-order chi connectivity index (χ0) is 89.4. The minimum Gasteiger partial charge on any atom is -0.481 e. The van der Waals surface area contributed by atoms with Crippen LogP contribution in [0.5, 0.6) is 5.75 Å². The Balaban J connectivity index is 1.69. The van der Waals surface area contributed by atoms with Crippen molar-refractivity contribution in [3.63, 3.8) is 0 Å². The number of carboxylic acid groups (broad SMARTS) is 1. The number of H-pyrrole nitrogens is 1. The number of nitrogens with zero attached hydrogens (tertiary/aromatic N) is 2. The molecule has 50 nitrogen and oxygen atoms in total. The number of primary amides is 4. The molecule has 20 amide bonds. The molecule has 3 aliphatic heterocycles. The number of aromatic nitrogens is 2. The van der Waals surface area contributed by atoms with E-state index in [1.165, 1.54) is 19.4 Å². The van der Waals surface area contributed by atoms with Crippen LogP contribution in [0.1, 0.15) is 77.0 Å². The normalized spacial score (nSPS) is 26.2. The molecule has 660 valence electrons. The number of imidazole rings is 1. The van der Waals surface area contributed by atoms with Crippen LogP contribution < -0.4 is 113 Å². The van der Waals surface area contributed by atoms with E-state index in [1.807, 2.05) is 0 Å². The molecule has 0 unspecified atom stereocenters. The maximum Gasteiger partial charge on any atom is 0.446 e. The van der Waals surface area contributed by atoms with Gasteiger partial charge in [-0.3, -0.25) is 105 Å². The van der Waals surface area contributed by atoms with E-state index in [9.17, 15) is 124 Å². The third-order valence-corrected chi connectivity index (χ3v) is 22.7. The Morgan fingerprint density at radius 1 is 0.533 bits per heavy atom. The van der Waals surface area contributed by atoms with Crippen LogP contribution in [0.3, 0.4) is 0 Å². The van der Waals surface area contributed by atoms with E-state index < -0.39 is 312 Å². The molecule has 15 atom stereocenters. The van der Waals surface area contributed by atoms with E-state index in [4.69, 9.17) is 28.7 Å². The van der Waals surface area contributed by atoms with Crippen molar-refractivity contribution in [2.75, 3.05) is 49.3 Å². The molecule has 2 bridgehead atoms. The molecule has 1 aromatic heterocycles. The fraction of sp³-hybridized carbons (Fsp3) is 0.538. The number of amides is 20. The summed E-state index contributed by atoms with van der Waals surface area (Å²) in [5.74, 6) is -29.1. The number of carboxylic acids is 1. The number of nitrogens with two attached hydrogens (primary N) is 5. The molecule has 29 N–H and O–H groups in total. The lowest BCUT2D eigenvalue weighted by molar-refractivity contribution is -0.142. The van der Waals surface area contributed by atoms with E-state index in [0.29, 0.717) is 21.6 Å². The SMILES string of the molecule is C[C@@H]1NC(=O)[C@H](C)NC(=O)[C@@H]2CSSC[C@H](NC(=O)CNC(=O)CN)C(=O)N[C@@H](CSSC[C@@H](C(N)=O)NC(=O)[C@H](Cc3ccc(OS(=O)(=O)O)cc3)NC(=O)[C@H](CC(=O)O)NC(=O)[C@H](CCC(N)=O)NC(=O)[C@H](CC(N)=O)NC(=O)[C@H](CC(N)=O)NC1=O)C(=O)N[C@@H](CO)C(=O)N[C@@H](Cc1cnc[nH]1)C(=O)N1CCC[C@H]1C(=O)N[C@@H](C)C(=O)N2. The van der Waals surface area contributed by atoms with Crippen LogP contribution in [-0.2, 0) is 124 Å². The number of aliphatic carboxylic acids is 1. The van der Waals surface area contributed by atoms with E-state index in [1.54, 1.807) is 0 Å². The predicted octanol–water partition coefficient (Wildman–Crippen LogP) is -13.0. The summed E-state index contributed by atoms with van der Waals surface area (Å²) in [5.41, 5.74) is 27.7. The van der Waals surface area contributed by atoms with Crippen molar-refractivity contribution in [2.24, 2.45) is 28.7 Å². The van der Waals surface area contributed by atoms with Gasteiger partial charge >= 0.3 is 16.4 Å². The number of carbonyl (C=O) groups is 21. The van der Waals surface area contributed by atoms with Gasteiger partial charge in [0.1, 0.15) is 96.4 Å². The molecule has 55 heteroatoms. The number of benzene rings is 1. The van der Waals surface area contributed by atoms with Crippen LogP contribution in [0.25, 0.3) is 0 Å². The van der Waals surface area contributed by atoms with Gasteiger partial charge in [0.2, 0.25) is 118 Å². The van der Waals surface area contributed by atoms with Crippen molar-refractivity contribution in [3.05, 3.63) is 48.0 Å². The van der Waals surface area contributed by atoms with Gasteiger partial charge in [-0.15, -0.1) is 0 Å². The van der Waals surface area contributed by atoms with Gasteiger partial charge in [0.25, 0.3) is 0 Å². The van der Waals surface area contributed by atoms with Gasteiger partial charge in [-0.1, -0.05) is 55.3 Å². The summed E-state index contributed by atoms with van der Waals surface area (Å²) in [5, 5.41) is 55.2. The maximum absolute atomic E-state index is 14.8. The quantitative estimate of drug-likeness (QED) is 0.0408. The second-order valence-electron chi connectivity index (χ2n) is 26.9. The van der Waals surface area contributed by atoms with Crippen molar-refractivity contribution in [1.29, 1.82) is 0 Å². The zero-order valence-electron chi connectivity index (χ0n) is 64.1. The van der Waals surface area contributed by atoms with Crippen LogP contribution in [0.2, 0.25) is 0 Å². The smallest absolute Gasteiger partial charge is 0.446 e. The molecule has 3 fully saturated rings. The Labute approximate surface area is 697 Å². The Morgan fingerprint density at radius 2 is 1.00 bits per heavy atom. The Bertz CT molecular complexity index is 4270. The Kier molecular flexibility index (Phi) is 39.4. The van der Waals surface area contributed by atoms with E-state index in [2.05, 4.69) is 93.9 Å². The van der Waals surface area contributed by atoms with Gasteiger partial charge in [0.15, 0.2) is 0 Å². The first-order valence-electron chi connectivity index (χ1n) is 36.2. The van der Waals surface area contributed by atoms with Crippen LogP contribution in [-0.4, -0.2) is 302 Å². The molecule has 2 aromatic rings. The highest BCUT2D eigenvalue weighted by Crippen LogP contribution is 2.27. The maximum atomic E-state index is 14.8. The van der Waals surface area contributed by atoms with Gasteiger partial charge in [0, 0.05) is 60.7 Å². The second kappa shape index (κ2) is 47.8. The molecule has 3 aliphatic rings. The van der Waals surface area contributed by atoms with Gasteiger partial charge < -0.3 is 133 Å². The summed E-state index contributed by atoms with van der Waals surface area (Å²) < 4.78 is 36.8. The standard InChI is InChI=1S/C65H93N23O27S5/c1-27-52(98)74-28(2)53(99)79-35(15-46(68)91)58(104)81-36(16-47(69)92)57(103)78-33(10-11-45(67)90)55(101)82-37(17-50(95)96)59(105)80-34(13-30-6-8-32(9-7-30)115-120(112,113)114)56(102)85-40(51(70)97)22-116-118-25-43-63(109)84-39(21-89)60(106)83-38(14-31-19-71-26-73-31)65(111)88-12-4-5-44(88)64(110)76-29(3)54(100)86-42(61(107)75-27)24-119-117-23-41(62(108)87-43)77-49(94)20-72-48(93)18-66/h6-9,19,26-29,33-44,89H,4-5,10-18,20-25,66H2,1-3H3,(H2,67,90)(H2,68,91)(H2,69,92)(H2,70,97)(H,71,73)(H,72,93)(H,74,98)(H,75,107)(H,76,110)(H,77,94)(H,78,103)(H,79,99)(H,80,105)(H,81,104)(H,82,101)(H,83,106)(H,84,109)(H,85,102)(H,86,100)(H,87,108)(H,95,96)(H,112,113,114)/t27-,28-,29-,33-,34-,35-,36-,37-,38-,39-,40-,41-,42-,43-,44-/m0/s1. The summed E-state index contributed by atoms with van der Waals surface area (Å²) in [6.45, 7) is 0.636. The summed E-state index contributed by atoms with van der Waals surface area (Å²) in [6, 6.07) is -23.7. The topological polar surface area (TPSA) is 805 Å². The minimum absolute atomic E-state index is 0.00181. The molecule has 120 heavy (non-hydrogen) atoms. The molecule has 0 radical (unpaired) electrons. The highest BCUT2D eigenvalue weighted by molar-refractivity contribution is 8.77. The number of nitrogens with one attached hydrogen (secondary N) is 16. The fourth-order valence-electron chi connectivity index (χ4n) is 11.2. The van der Waals surface area contributed by atoms with Crippen molar-refractivity contribution >= 4 is 178 Å². The molecular formula is C65H93N23O27S5. The highest BCUT2D eigenvalue weighted by Gasteiger charge is 2.42.